The molecule has 1 unspecified atom stereocenters. The van der Waals surface area contributed by atoms with Gasteiger partial charge in [-0.25, -0.2) is 4.39 Å². The average Bonchev–Trinajstić information content (AvgIpc) is 2.62. The molecule has 0 aliphatic rings. The molecule has 0 bridgehead atoms. The van der Waals surface area contributed by atoms with Crippen LogP contribution in [0.25, 0.3) is 0 Å². The van der Waals surface area contributed by atoms with E-state index >= 15 is 0 Å². The Balaban J connectivity index is 2.47. The SMILES string of the molecule is Cc1ccc(F)cc1C(N)c1cnn(C)c1C. The third-order valence-corrected chi connectivity index (χ3v) is 3.18. The van der Waals surface area contributed by atoms with Crippen LogP contribution in [0.4, 0.5) is 4.39 Å². The fourth-order valence-corrected chi connectivity index (χ4v) is 1.93. The van der Waals surface area contributed by atoms with Gasteiger partial charge in [0, 0.05) is 18.3 Å². The summed E-state index contributed by atoms with van der Waals surface area (Å²) in [5, 5.41) is 4.16. The van der Waals surface area contributed by atoms with E-state index in [2.05, 4.69) is 5.10 Å². The summed E-state index contributed by atoms with van der Waals surface area (Å²) < 4.78 is 15.0. The zero-order chi connectivity index (χ0) is 12.6. The molecule has 1 aromatic heterocycles. The third kappa shape index (κ3) is 2.08. The number of hydrogen-bond donors (Lipinski definition) is 1. The second-order valence-corrected chi connectivity index (χ2v) is 4.29. The Kier molecular flexibility index (Phi) is 2.98. The van der Waals surface area contributed by atoms with Gasteiger partial charge in [-0.15, -0.1) is 0 Å². The fourth-order valence-electron chi connectivity index (χ4n) is 1.93. The Bertz CT molecular complexity index is 546. The summed E-state index contributed by atoms with van der Waals surface area (Å²) in [5.41, 5.74) is 9.91. The molecule has 0 radical (unpaired) electrons. The molecule has 2 aromatic rings. The van der Waals surface area contributed by atoms with E-state index in [0.29, 0.717) is 0 Å². The van der Waals surface area contributed by atoms with Gasteiger partial charge in [-0.1, -0.05) is 6.07 Å². The zero-order valence-corrected chi connectivity index (χ0v) is 10.2. The van der Waals surface area contributed by atoms with Crippen molar-refractivity contribution in [3.8, 4) is 0 Å². The highest BCUT2D eigenvalue weighted by Gasteiger charge is 2.16. The van der Waals surface area contributed by atoms with Crippen LogP contribution < -0.4 is 5.73 Å². The second kappa shape index (κ2) is 4.30. The molecule has 1 atom stereocenters. The smallest absolute Gasteiger partial charge is 0.123 e. The van der Waals surface area contributed by atoms with E-state index in [4.69, 9.17) is 5.73 Å². The maximum absolute atomic E-state index is 13.3. The molecule has 0 aliphatic heterocycles. The number of halogens is 1. The Hall–Kier alpha value is -1.68. The number of aryl methyl sites for hydroxylation is 2. The summed E-state index contributed by atoms with van der Waals surface area (Å²) in [5.74, 6) is -0.261. The van der Waals surface area contributed by atoms with Gasteiger partial charge in [-0.05, 0) is 37.1 Å². The van der Waals surface area contributed by atoms with Gasteiger partial charge >= 0.3 is 0 Å². The first-order chi connectivity index (χ1) is 8.00. The molecule has 1 heterocycles. The minimum Gasteiger partial charge on any atom is -0.320 e. The first kappa shape index (κ1) is 11.8. The Morgan fingerprint density at radius 2 is 2.00 bits per heavy atom. The topological polar surface area (TPSA) is 43.8 Å². The minimum absolute atomic E-state index is 0.261. The van der Waals surface area contributed by atoms with E-state index in [1.54, 1.807) is 16.9 Å². The monoisotopic (exact) mass is 233 g/mol. The van der Waals surface area contributed by atoms with Gasteiger partial charge < -0.3 is 5.73 Å². The van der Waals surface area contributed by atoms with Crippen LogP contribution >= 0.6 is 0 Å². The maximum Gasteiger partial charge on any atom is 0.123 e. The van der Waals surface area contributed by atoms with E-state index in [0.717, 1.165) is 22.4 Å². The van der Waals surface area contributed by atoms with Crippen LogP contribution in [0.1, 0.15) is 28.4 Å². The lowest BCUT2D eigenvalue weighted by Crippen LogP contribution is -2.14. The molecule has 2 rings (SSSR count). The molecule has 4 heteroatoms. The zero-order valence-electron chi connectivity index (χ0n) is 10.2. The lowest BCUT2D eigenvalue weighted by molar-refractivity contribution is 0.622. The van der Waals surface area contributed by atoms with E-state index in [9.17, 15) is 4.39 Å². The fraction of sp³-hybridized carbons (Fsp3) is 0.308. The van der Waals surface area contributed by atoms with E-state index in [1.165, 1.54) is 12.1 Å². The standard InChI is InChI=1S/C13H16FN3/c1-8-4-5-10(14)6-11(8)13(15)12-7-16-17(3)9(12)2/h4-7,13H,15H2,1-3H3. The Morgan fingerprint density at radius 3 is 2.59 bits per heavy atom. The van der Waals surface area contributed by atoms with Crippen molar-refractivity contribution in [2.75, 3.05) is 0 Å². The van der Waals surface area contributed by atoms with Crippen molar-refractivity contribution >= 4 is 0 Å². The molecular weight excluding hydrogens is 217 g/mol. The van der Waals surface area contributed by atoms with Crippen molar-refractivity contribution in [3.63, 3.8) is 0 Å². The van der Waals surface area contributed by atoms with E-state index in [-0.39, 0.29) is 11.9 Å². The van der Waals surface area contributed by atoms with Gasteiger partial charge in [0.15, 0.2) is 0 Å². The van der Waals surface area contributed by atoms with Crippen molar-refractivity contribution in [1.29, 1.82) is 0 Å². The number of rotatable bonds is 2. The van der Waals surface area contributed by atoms with Crippen molar-refractivity contribution in [2.24, 2.45) is 12.8 Å². The van der Waals surface area contributed by atoms with Crippen molar-refractivity contribution in [2.45, 2.75) is 19.9 Å². The van der Waals surface area contributed by atoms with Gasteiger partial charge in [0.05, 0.1) is 12.2 Å². The van der Waals surface area contributed by atoms with Gasteiger partial charge in [-0.3, -0.25) is 4.68 Å². The summed E-state index contributed by atoms with van der Waals surface area (Å²) in [6, 6.07) is 4.35. The first-order valence-corrected chi connectivity index (χ1v) is 5.51. The van der Waals surface area contributed by atoms with Crippen molar-refractivity contribution in [1.82, 2.24) is 9.78 Å². The summed E-state index contributed by atoms with van der Waals surface area (Å²) in [4.78, 5) is 0. The molecule has 0 saturated carbocycles. The van der Waals surface area contributed by atoms with E-state index in [1.807, 2.05) is 20.9 Å². The molecule has 90 valence electrons. The Labute approximate surface area is 100 Å². The highest BCUT2D eigenvalue weighted by atomic mass is 19.1. The predicted octanol–water partition coefficient (Wildman–Crippen LogP) is 2.22. The summed E-state index contributed by atoms with van der Waals surface area (Å²) in [6.07, 6.45) is 1.74. The van der Waals surface area contributed by atoms with Gasteiger partial charge in [0.2, 0.25) is 0 Å². The number of benzene rings is 1. The van der Waals surface area contributed by atoms with E-state index < -0.39 is 0 Å². The maximum atomic E-state index is 13.3. The summed E-state index contributed by atoms with van der Waals surface area (Å²) in [7, 11) is 1.87. The van der Waals surface area contributed by atoms with Crippen molar-refractivity contribution < 1.29 is 4.39 Å². The molecule has 17 heavy (non-hydrogen) atoms. The minimum atomic E-state index is -0.334. The lowest BCUT2D eigenvalue weighted by atomic mass is 9.96. The number of aromatic nitrogens is 2. The molecule has 0 spiro atoms. The number of nitrogens with zero attached hydrogens (tertiary/aromatic N) is 2. The predicted molar refractivity (Wildman–Crippen MR) is 65.1 cm³/mol. The Morgan fingerprint density at radius 1 is 1.29 bits per heavy atom. The summed E-state index contributed by atoms with van der Waals surface area (Å²) >= 11 is 0. The van der Waals surface area contributed by atoms with Crippen LogP contribution in [0.3, 0.4) is 0 Å². The number of hydrogen-bond acceptors (Lipinski definition) is 2. The molecule has 3 nitrogen and oxygen atoms in total. The van der Waals surface area contributed by atoms with Crippen LogP contribution in [0.15, 0.2) is 24.4 Å². The summed E-state index contributed by atoms with van der Waals surface area (Å²) in [6.45, 7) is 3.89. The molecule has 0 aliphatic carbocycles. The van der Waals surface area contributed by atoms with Crippen LogP contribution in [0.2, 0.25) is 0 Å². The van der Waals surface area contributed by atoms with Crippen LogP contribution in [0, 0.1) is 19.7 Å². The quantitative estimate of drug-likeness (QED) is 0.864. The highest BCUT2D eigenvalue weighted by molar-refractivity contribution is 5.37. The largest absolute Gasteiger partial charge is 0.320 e. The van der Waals surface area contributed by atoms with Gasteiger partial charge in [-0.2, -0.15) is 5.10 Å². The molecule has 0 fully saturated rings. The average molecular weight is 233 g/mol. The normalized spacial score (nSPS) is 12.8. The molecule has 0 saturated heterocycles. The molecular formula is C13H16FN3. The van der Waals surface area contributed by atoms with Crippen molar-refractivity contribution in [3.05, 3.63) is 52.6 Å². The van der Waals surface area contributed by atoms with Gasteiger partial charge in [0.1, 0.15) is 5.82 Å². The highest BCUT2D eigenvalue weighted by Crippen LogP contribution is 2.25. The van der Waals surface area contributed by atoms with Gasteiger partial charge in [0.25, 0.3) is 0 Å². The second-order valence-electron chi connectivity index (χ2n) is 4.29. The molecule has 0 amide bonds. The first-order valence-electron chi connectivity index (χ1n) is 5.51. The molecule has 2 N–H and O–H groups in total. The van der Waals surface area contributed by atoms with Crippen LogP contribution in [-0.4, -0.2) is 9.78 Å². The van der Waals surface area contributed by atoms with Crippen LogP contribution in [0.5, 0.6) is 0 Å². The third-order valence-electron chi connectivity index (χ3n) is 3.18. The lowest BCUT2D eigenvalue weighted by Gasteiger charge is -2.14. The number of nitrogens with two attached hydrogens (primary N) is 1. The molecule has 1 aromatic carbocycles. The van der Waals surface area contributed by atoms with Crippen LogP contribution in [-0.2, 0) is 7.05 Å².